The molecule has 4 amide bonds. The molecule has 342 valence electrons. The van der Waals surface area contributed by atoms with Crippen LogP contribution in [0.25, 0.3) is 22.0 Å². The van der Waals surface area contributed by atoms with Crippen molar-refractivity contribution in [2.75, 3.05) is 57.3 Å². The molecular weight excluding hydrogens is 882 g/mol. The Labute approximate surface area is 385 Å². The SMILES string of the molecule is C=C(Cl)C(=O)N1CCN(c2ncnc3c(F)c(-c4c(F)cccc4OCCC4CCC(CCN5CCC(c6cc(F)cc7c6CN(C6CCC(=O)NC6=O)C7=O)CC5)C4)c(Cl)cc23)CC1. The molecule has 1 N–H and O–H groups in total. The highest BCUT2D eigenvalue weighted by Crippen LogP contribution is 2.44. The molecule has 5 aliphatic rings. The minimum Gasteiger partial charge on any atom is -0.493 e. The zero-order valence-corrected chi connectivity index (χ0v) is 37.4. The Bertz CT molecular complexity index is 2570. The number of hydrogen-bond donors (Lipinski definition) is 1. The fourth-order valence-corrected chi connectivity index (χ4v) is 11.1. The first-order valence-corrected chi connectivity index (χ1v) is 23.2. The molecule has 0 spiro atoms. The Morgan fingerprint density at radius 3 is 2.40 bits per heavy atom. The number of carbonyl (C=O) groups excluding carboxylic acids is 4. The molecule has 0 radical (unpaired) electrons. The van der Waals surface area contributed by atoms with Crippen LogP contribution in [-0.4, -0.2) is 107 Å². The molecule has 1 aromatic heterocycles. The van der Waals surface area contributed by atoms with E-state index in [4.69, 9.17) is 27.9 Å². The van der Waals surface area contributed by atoms with Crippen LogP contribution in [0, 0.1) is 29.3 Å². The van der Waals surface area contributed by atoms with Crippen molar-refractivity contribution in [1.82, 2.24) is 30.0 Å². The number of rotatable bonds is 12. The number of benzene rings is 3. The number of imide groups is 1. The summed E-state index contributed by atoms with van der Waals surface area (Å²) in [4.78, 5) is 66.1. The highest BCUT2D eigenvalue weighted by Gasteiger charge is 2.41. The average Bonchev–Trinajstić information content (AvgIpc) is 3.89. The summed E-state index contributed by atoms with van der Waals surface area (Å²) in [6.45, 7) is 8.35. The third-order valence-electron chi connectivity index (χ3n) is 14.1. The summed E-state index contributed by atoms with van der Waals surface area (Å²) in [6, 6.07) is 8.05. The normalized spacial score (nSPS) is 21.9. The van der Waals surface area contributed by atoms with Gasteiger partial charge in [0.1, 0.15) is 41.1 Å². The first-order chi connectivity index (χ1) is 31.3. The molecule has 0 bridgehead atoms. The first kappa shape index (κ1) is 44.9. The van der Waals surface area contributed by atoms with Gasteiger partial charge in [0.2, 0.25) is 11.8 Å². The van der Waals surface area contributed by atoms with E-state index in [0.717, 1.165) is 75.7 Å². The predicted molar refractivity (Wildman–Crippen MR) is 240 cm³/mol. The zero-order chi connectivity index (χ0) is 45.5. The third kappa shape index (κ3) is 9.16. The number of halogens is 5. The van der Waals surface area contributed by atoms with Gasteiger partial charge in [-0.2, -0.15) is 0 Å². The van der Waals surface area contributed by atoms with E-state index in [0.29, 0.717) is 61.4 Å². The summed E-state index contributed by atoms with van der Waals surface area (Å²) in [6.07, 6.45) is 8.42. The van der Waals surface area contributed by atoms with Crippen LogP contribution in [0.3, 0.4) is 0 Å². The fraction of sp³-hybridized carbons (Fsp3) is 0.458. The Morgan fingerprint density at radius 2 is 1.66 bits per heavy atom. The van der Waals surface area contributed by atoms with Crippen LogP contribution in [0.1, 0.15) is 85.2 Å². The van der Waals surface area contributed by atoms with Gasteiger partial charge in [-0.3, -0.25) is 24.5 Å². The molecule has 65 heavy (non-hydrogen) atoms. The summed E-state index contributed by atoms with van der Waals surface area (Å²) in [7, 11) is 0. The number of likely N-dealkylation sites (tertiary alicyclic amines) is 1. The van der Waals surface area contributed by atoms with E-state index in [1.807, 2.05) is 4.90 Å². The maximum Gasteiger partial charge on any atom is 0.264 e. The second-order valence-corrected chi connectivity index (χ2v) is 18.8. The van der Waals surface area contributed by atoms with Gasteiger partial charge in [-0.25, -0.2) is 23.1 Å². The van der Waals surface area contributed by atoms with Crippen molar-refractivity contribution in [3.63, 3.8) is 0 Å². The Balaban J connectivity index is 0.772. The molecule has 3 atom stereocenters. The third-order valence-corrected chi connectivity index (χ3v) is 14.6. The van der Waals surface area contributed by atoms with Gasteiger partial charge >= 0.3 is 0 Å². The monoisotopic (exact) mass is 931 g/mol. The van der Waals surface area contributed by atoms with E-state index in [2.05, 4.69) is 26.8 Å². The highest BCUT2D eigenvalue weighted by molar-refractivity contribution is 6.41. The maximum atomic E-state index is 16.5. The van der Waals surface area contributed by atoms with Gasteiger partial charge < -0.3 is 24.3 Å². The Morgan fingerprint density at radius 1 is 0.908 bits per heavy atom. The van der Waals surface area contributed by atoms with Gasteiger partial charge in [0.05, 0.1) is 22.2 Å². The first-order valence-electron chi connectivity index (χ1n) is 22.5. The molecular formula is C48H50Cl2F3N7O5. The van der Waals surface area contributed by atoms with Crippen molar-refractivity contribution in [1.29, 1.82) is 0 Å². The lowest BCUT2D eigenvalue weighted by Gasteiger charge is -2.35. The fourth-order valence-electron chi connectivity index (χ4n) is 10.6. The Hall–Kier alpha value is -5.25. The number of hydrogen-bond acceptors (Lipinski definition) is 9. The van der Waals surface area contributed by atoms with E-state index >= 15 is 8.78 Å². The quantitative estimate of drug-likeness (QED) is 0.111. The van der Waals surface area contributed by atoms with Crippen molar-refractivity contribution in [2.24, 2.45) is 11.8 Å². The van der Waals surface area contributed by atoms with Crippen molar-refractivity contribution in [3.05, 3.63) is 93.5 Å². The molecule has 3 aromatic carbocycles. The molecule has 3 unspecified atom stereocenters. The van der Waals surface area contributed by atoms with Gasteiger partial charge in [-0.05, 0) is 117 Å². The number of fused-ring (bicyclic) bond motifs is 2. The predicted octanol–water partition coefficient (Wildman–Crippen LogP) is 7.98. The minimum atomic E-state index is -0.784. The molecule has 17 heteroatoms. The van der Waals surface area contributed by atoms with E-state index in [1.165, 1.54) is 29.4 Å². The van der Waals surface area contributed by atoms with Crippen LogP contribution in [0.2, 0.25) is 5.02 Å². The summed E-state index contributed by atoms with van der Waals surface area (Å²) in [5.74, 6) is -1.69. The smallest absolute Gasteiger partial charge is 0.264 e. The Kier molecular flexibility index (Phi) is 13.1. The van der Waals surface area contributed by atoms with Crippen LogP contribution in [0.4, 0.5) is 19.0 Å². The summed E-state index contributed by atoms with van der Waals surface area (Å²) in [5.41, 5.74) is 1.75. The van der Waals surface area contributed by atoms with E-state index in [1.54, 1.807) is 23.1 Å². The molecule has 3 saturated heterocycles. The number of amides is 4. The van der Waals surface area contributed by atoms with Crippen molar-refractivity contribution >= 4 is 63.6 Å². The van der Waals surface area contributed by atoms with Crippen LogP contribution in [0.15, 0.2) is 54.3 Å². The number of nitrogens with one attached hydrogen (secondary N) is 1. The van der Waals surface area contributed by atoms with E-state index < -0.39 is 29.4 Å². The van der Waals surface area contributed by atoms with Gasteiger partial charge in [-0.1, -0.05) is 48.7 Å². The molecule has 1 saturated carbocycles. The highest BCUT2D eigenvalue weighted by atomic mass is 35.5. The number of nitrogens with zero attached hydrogens (tertiary/aromatic N) is 6. The average molecular weight is 933 g/mol. The van der Waals surface area contributed by atoms with Crippen molar-refractivity contribution in [3.8, 4) is 16.9 Å². The van der Waals surface area contributed by atoms with Gasteiger partial charge in [0, 0.05) is 55.7 Å². The zero-order valence-electron chi connectivity index (χ0n) is 35.9. The van der Waals surface area contributed by atoms with Gasteiger partial charge in [-0.15, -0.1) is 0 Å². The molecule has 1 aliphatic carbocycles. The topological polar surface area (TPSA) is 128 Å². The summed E-state index contributed by atoms with van der Waals surface area (Å²) >= 11 is 12.6. The van der Waals surface area contributed by atoms with E-state index in [-0.39, 0.29) is 75.5 Å². The molecule has 9 rings (SSSR count). The summed E-state index contributed by atoms with van der Waals surface area (Å²) < 4.78 is 53.3. The standard InChI is InChI=1S/C48H50Cl2F3N7O5/c1-27(49)47(63)59-18-16-58(17-19-59)45-34-24-36(50)41(43(53)44(34)54-26-55-45)42-37(52)3-2-4-39(42)65-20-12-29-6-5-28(21-29)9-13-57-14-10-30(11-15-57)32-22-31(51)23-33-35(32)25-60(48(33)64)38-7-8-40(61)56-46(38)62/h2-4,22-24,26,28-30,38H,1,5-21,25H2,(H,56,61,62). The van der Waals surface area contributed by atoms with Crippen molar-refractivity contribution in [2.45, 2.75) is 76.3 Å². The largest absolute Gasteiger partial charge is 0.493 e. The molecule has 4 aromatic rings. The lowest BCUT2D eigenvalue weighted by atomic mass is 9.85. The van der Waals surface area contributed by atoms with Crippen LogP contribution in [0.5, 0.6) is 5.75 Å². The van der Waals surface area contributed by atoms with Crippen LogP contribution in [-0.2, 0) is 20.9 Å². The maximum absolute atomic E-state index is 16.5. The lowest BCUT2D eigenvalue weighted by molar-refractivity contribution is -0.137. The van der Waals surface area contributed by atoms with Gasteiger partial charge in [0.25, 0.3) is 11.8 Å². The number of piperazine rings is 1. The number of piperidine rings is 2. The van der Waals surface area contributed by atoms with Gasteiger partial charge in [0.15, 0.2) is 5.82 Å². The molecule has 4 fully saturated rings. The molecule has 4 aliphatic heterocycles. The lowest BCUT2D eigenvalue weighted by Crippen LogP contribution is -2.52. The van der Waals surface area contributed by atoms with E-state index in [9.17, 15) is 23.6 Å². The number of anilines is 1. The van der Waals surface area contributed by atoms with Crippen LogP contribution >= 0.6 is 23.2 Å². The molecule has 5 heterocycles. The number of carbonyl (C=O) groups is 4. The van der Waals surface area contributed by atoms with Crippen LogP contribution < -0.4 is 15.0 Å². The minimum absolute atomic E-state index is 0.00913. The van der Waals surface area contributed by atoms with Crippen molar-refractivity contribution < 1.29 is 37.1 Å². The second kappa shape index (κ2) is 18.9. The number of aromatic nitrogens is 2. The molecule has 12 nitrogen and oxygen atoms in total. The number of ether oxygens (including phenoxy) is 1. The summed E-state index contributed by atoms with van der Waals surface area (Å²) in [5, 5.41) is 2.62. The second-order valence-electron chi connectivity index (χ2n) is 17.9.